The van der Waals surface area contributed by atoms with Crippen molar-refractivity contribution in [1.29, 1.82) is 0 Å². The third kappa shape index (κ3) is 5.93. The quantitative estimate of drug-likeness (QED) is 0.263. The topological polar surface area (TPSA) is 92.5 Å². The monoisotopic (exact) mass is 519 g/mol. The van der Waals surface area contributed by atoms with Crippen LogP contribution in [0.4, 0.5) is 0 Å². The predicted molar refractivity (Wildman–Crippen MR) is 139 cm³/mol. The summed E-state index contributed by atoms with van der Waals surface area (Å²) >= 11 is 0. The SMILES string of the molecule is C.Cc1noc(-c2ccc(-c3ccc(C4(C(=O)[O-])CC4)cc3)cc2)c1CC(=O)O[C@H](C)c1ccccc1.[Na+]. The van der Waals surface area contributed by atoms with E-state index in [0.29, 0.717) is 29.9 Å². The molecule has 7 heteroatoms. The summed E-state index contributed by atoms with van der Waals surface area (Å²) in [4.78, 5) is 24.2. The van der Waals surface area contributed by atoms with Gasteiger partial charge in [0.15, 0.2) is 5.76 Å². The number of carboxylic acids is 1. The fourth-order valence-corrected chi connectivity index (χ4v) is 4.53. The van der Waals surface area contributed by atoms with Crippen molar-refractivity contribution >= 4 is 11.9 Å². The van der Waals surface area contributed by atoms with E-state index < -0.39 is 11.4 Å². The van der Waals surface area contributed by atoms with E-state index >= 15 is 0 Å². The number of hydrogen-bond donors (Lipinski definition) is 0. The van der Waals surface area contributed by atoms with Crippen LogP contribution < -0.4 is 34.7 Å². The average molecular weight is 520 g/mol. The standard InChI is InChI=1S/C30H27NO5.CH4.Na/c1-19-26(18-27(32)35-20(2)21-6-4-3-5-7-21)28(36-31-19)24-10-8-22(9-11-24)23-12-14-25(15-13-23)30(16-17-30)29(33)34;;/h3-15,20H,16-18H2,1-2H3,(H,33,34);1H4;/q;;+1/p-1/t20-;;/m1../s1. The van der Waals surface area contributed by atoms with E-state index in [9.17, 15) is 14.7 Å². The number of aryl methyl sites for hydroxylation is 1. The van der Waals surface area contributed by atoms with Gasteiger partial charge in [-0.2, -0.15) is 0 Å². The molecule has 0 saturated heterocycles. The van der Waals surface area contributed by atoms with E-state index in [1.165, 1.54) is 0 Å². The molecule has 0 spiro atoms. The summed E-state index contributed by atoms with van der Waals surface area (Å²) in [7, 11) is 0. The Morgan fingerprint density at radius 1 is 0.947 bits per heavy atom. The third-order valence-corrected chi connectivity index (χ3v) is 6.94. The first-order valence-electron chi connectivity index (χ1n) is 12.0. The van der Waals surface area contributed by atoms with Crippen LogP contribution >= 0.6 is 0 Å². The summed E-state index contributed by atoms with van der Waals surface area (Å²) in [6.07, 6.45) is 0.961. The largest absolute Gasteiger partial charge is 1.00 e. The van der Waals surface area contributed by atoms with Gasteiger partial charge in [0.25, 0.3) is 0 Å². The van der Waals surface area contributed by atoms with Crippen LogP contribution in [0.3, 0.4) is 0 Å². The molecular formula is C31H30NNaO5. The van der Waals surface area contributed by atoms with Crippen molar-refractivity contribution in [3.63, 3.8) is 0 Å². The first-order chi connectivity index (χ1) is 17.4. The average Bonchev–Trinajstić information content (AvgIpc) is 3.64. The van der Waals surface area contributed by atoms with Crippen LogP contribution in [0.5, 0.6) is 0 Å². The first-order valence-corrected chi connectivity index (χ1v) is 12.0. The van der Waals surface area contributed by atoms with E-state index in [1.807, 2.05) is 92.7 Å². The molecule has 0 radical (unpaired) electrons. The molecule has 0 N–H and O–H groups in total. The molecule has 0 unspecified atom stereocenters. The van der Waals surface area contributed by atoms with Gasteiger partial charge in [-0.25, -0.2) is 0 Å². The number of carbonyl (C=O) groups is 2. The van der Waals surface area contributed by atoms with Gasteiger partial charge in [-0.15, -0.1) is 0 Å². The number of ether oxygens (including phenoxy) is 1. The smallest absolute Gasteiger partial charge is 0.549 e. The number of hydrogen-bond acceptors (Lipinski definition) is 6. The van der Waals surface area contributed by atoms with Crippen molar-refractivity contribution in [3.05, 3.63) is 101 Å². The molecule has 5 rings (SSSR count). The van der Waals surface area contributed by atoms with E-state index in [0.717, 1.165) is 27.8 Å². The first kappa shape index (κ1) is 29.4. The molecule has 1 atom stereocenters. The van der Waals surface area contributed by atoms with Crippen molar-refractivity contribution < 1.29 is 53.5 Å². The molecule has 4 aromatic rings. The Morgan fingerprint density at radius 2 is 1.50 bits per heavy atom. The molecular weight excluding hydrogens is 489 g/mol. The molecule has 0 aliphatic heterocycles. The minimum Gasteiger partial charge on any atom is -0.549 e. The number of rotatable bonds is 8. The van der Waals surface area contributed by atoms with Crippen LogP contribution in [0.15, 0.2) is 83.4 Å². The summed E-state index contributed by atoms with van der Waals surface area (Å²) in [6, 6.07) is 25.0. The number of esters is 1. The van der Waals surface area contributed by atoms with Crippen LogP contribution in [0.1, 0.15) is 55.7 Å². The molecule has 1 heterocycles. The molecule has 1 saturated carbocycles. The van der Waals surface area contributed by atoms with Gasteiger partial charge >= 0.3 is 35.5 Å². The second-order valence-corrected chi connectivity index (χ2v) is 9.32. The molecule has 0 bridgehead atoms. The molecule has 190 valence electrons. The molecule has 0 amide bonds. The minimum atomic E-state index is -1.00. The Labute approximate surface area is 245 Å². The zero-order valence-electron chi connectivity index (χ0n) is 21.2. The van der Waals surface area contributed by atoms with Crippen molar-refractivity contribution in [2.24, 2.45) is 0 Å². The molecule has 38 heavy (non-hydrogen) atoms. The fraction of sp³-hybridized carbons (Fsp3) is 0.258. The predicted octanol–water partition coefficient (Wildman–Crippen LogP) is 2.59. The number of aromatic nitrogens is 1. The molecule has 6 nitrogen and oxygen atoms in total. The Hall–Kier alpha value is -3.19. The van der Waals surface area contributed by atoms with Crippen LogP contribution in [-0.4, -0.2) is 17.1 Å². The maximum Gasteiger partial charge on any atom is 1.00 e. The molecule has 1 aromatic heterocycles. The van der Waals surface area contributed by atoms with Crippen LogP contribution in [-0.2, 0) is 26.2 Å². The van der Waals surface area contributed by atoms with Gasteiger partial charge in [-0.1, -0.05) is 91.4 Å². The van der Waals surface area contributed by atoms with Gasteiger partial charge < -0.3 is 19.2 Å². The Balaban J connectivity index is 0.00000200. The number of aliphatic carboxylic acids is 1. The zero-order valence-corrected chi connectivity index (χ0v) is 23.2. The maximum absolute atomic E-state index is 12.7. The summed E-state index contributed by atoms with van der Waals surface area (Å²) in [5, 5.41) is 15.6. The Kier molecular flexibility index (Phi) is 9.36. The minimum absolute atomic E-state index is 0. The summed E-state index contributed by atoms with van der Waals surface area (Å²) in [5.74, 6) is -0.805. The van der Waals surface area contributed by atoms with Crippen LogP contribution in [0, 0.1) is 6.92 Å². The van der Waals surface area contributed by atoms with Crippen molar-refractivity contribution in [2.45, 2.75) is 52.1 Å². The summed E-state index contributed by atoms with van der Waals surface area (Å²) < 4.78 is 11.2. The van der Waals surface area contributed by atoms with Crippen molar-refractivity contribution in [3.8, 4) is 22.5 Å². The van der Waals surface area contributed by atoms with Crippen molar-refractivity contribution in [1.82, 2.24) is 5.16 Å². The van der Waals surface area contributed by atoms with Gasteiger partial charge in [0.1, 0.15) is 6.10 Å². The summed E-state index contributed by atoms with van der Waals surface area (Å²) in [5.41, 5.74) is 5.03. The van der Waals surface area contributed by atoms with Crippen LogP contribution in [0.25, 0.3) is 22.5 Å². The maximum atomic E-state index is 12.7. The number of carbonyl (C=O) groups excluding carboxylic acids is 2. The van der Waals surface area contributed by atoms with Gasteiger partial charge in [-0.05, 0) is 48.9 Å². The zero-order chi connectivity index (χ0) is 25.3. The van der Waals surface area contributed by atoms with Gasteiger partial charge in [-0.3, -0.25) is 4.79 Å². The normalized spacial score (nSPS) is 13.9. The second kappa shape index (κ2) is 12.1. The summed E-state index contributed by atoms with van der Waals surface area (Å²) in [6.45, 7) is 3.66. The van der Waals surface area contributed by atoms with Gasteiger partial charge in [0.2, 0.25) is 0 Å². The van der Waals surface area contributed by atoms with E-state index in [1.54, 1.807) is 0 Å². The van der Waals surface area contributed by atoms with Gasteiger partial charge in [0, 0.05) is 16.5 Å². The third-order valence-electron chi connectivity index (χ3n) is 6.94. The van der Waals surface area contributed by atoms with E-state index in [-0.39, 0.29) is 55.5 Å². The Morgan fingerprint density at radius 3 is 2.05 bits per heavy atom. The second-order valence-electron chi connectivity index (χ2n) is 9.32. The van der Waals surface area contributed by atoms with Crippen molar-refractivity contribution in [2.75, 3.05) is 0 Å². The van der Waals surface area contributed by atoms with E-state index in [4.69, 9.17) is 9.26 Å². The fourth-order valence-electron chi connectivity index (χ4n) is 4.53. The van der Waals surface area contributed by atoms with E-state index in [2.05, 4.69) is 5.16 Å². The Bertz CT molecular complexity index is 1390. The number of benzene rings is 3. The molecule has 3 aromatic carbocycles. The van der Waals surface area contributed by atoms with Gasteiger partial charge in [0.05, 0.1) is 18.1 Å². The molecule has 1 fully saturated rings. The molecule has 1 aliphatic rings. The van der Waals surface area contributed by atoms with Crippen LogP contribution in [0.2, 0.25) is 0 Å². The number of nitrogens with zero attached hydrogens (tertiary/aromatic N) is 1. The number of carboxylic acid groups (broad SMARTS) is 1. The molecule has 1 aliphatic carbocycles.